The summed E-state index contributed by atoms with van der Waals surface area (Å²) in [5.74, 6) is 0.213. The summed E-state index contributed by atoms with van der Waals surface area (Å²) in [6.07, 6.45) is 3.28. The molecule has 0 saturated heterocycles. The van der Waals surface area contributed by atoms with Gasteiger partial charge in [0.25, 0.3) is 0 Å². The van der Waals surface area contributed by atoms with Gasteiger partial charge in [-0.3, -0.25) is 4.98 Å². The lowest BCUT2D eigenvalue weighted by Gasteiger charge is -1.87. The molecule has 0 aromatic carbocycles. The number of halogens is 2. The first kappa shape index (κ1) is 13.6. The van der Waals surface area contributed by atoms with Crippen LogP contribution in [0.1, 0.15) is 5.56 Å². The van der Waals surface area contributed by atoms with Gasteiger partial charge in [0, 0.05) is 6.20 Å². The fourth-order valence-electron chi connectivity index (χ4n) is 0.818. The van der Waals surface area contributed by atoms with Crippen LogP contribution in [0.5, 0.6) is 5.75 Å². The predicted octanol–water partition coefficient (Wildman–Crippen LogP) is 3.39. The molecule has 2 heterocycles. The first-order chi connectivity index (χ1) is 7.58. The summed E-state index contributed by atoms with van der Waals surface area (Å²) >= 11 is 4.26. The summed E-state index contributed by atoms with van der Waals surface area (Å²) in [5, 5.41) is 8.69. The number of rotatable bonds is 0. The number of aryl methyl sites for hydroxylation is 1. The maximum atomic E-state index is 8.69. The Morgan fingerprint density at radius 1 is 0.938 bits per heavy atom. The van der Waals surface area contributed by atoms with Gasteiger partial charge in [0.1, 0.15) is 13.2 Å². The number of hydrogen-bond donors (Lipinski definition) is 1. The van der Waals surface area contributed by atoms with E-state index >= 15 is 0 Å². The molecule has 2 aromatic rings. The lowest BCUT2D eigenvalue weighted by atomic mass is 10.3. The Bertz CT molecular complexity index is 343. The van der Waals surface area contributed by atoms with Crippen molar-refractivity contribution < 1.29 is 5.11 Å². The highest BCUT2D eigenvalue weighted by atomic mass is 127. The minimum atomic E-state index is 0.213. The molecular weight excluding hydrogens is 430 g/mol. The Morgan fingerprint density at radius 3 is 1.81 bits per heavy atom. The van der Waals surface area contributed by atoms with Crippen molar-refractivity contribution in [1.82, 2.24) is 9.97 Å². The molecule has 0 bridgehead atoms. The van der Waals surface area contributed by atoms with E-state index < -0.39 is 0 Å². The minimum absolute atomic E-state index is 0.213. The summed E-state index contributed by atoms with van der Waals surface area (Å²) < 4.78 is 1.94. The average molecular weight is 440 g/mol. The van der Waals surface area contributed by atoms with Crippen molar-refractivity contribution >= 4 is 45.2 Å². The molecular formula is C11H10I2N2O. The van der Waals surface area contributed by atoms with Gasteiger partial charge < -0.3 is 5.11 Å². The molecule has 0 aliphatic rings. The van der Waals surface area contributed by atoms with Crippen LogP contribution in [0, 0.1) is 14.3 Å². The monoisotopic (exact) mass is 440 g/mol. The van der Waals surface area contributed by atoms with E-state index in [4.69, 9.17) is 5.11 Å². The Kier molecular flexibility index (Phi) is 5.96. The Morgan fingerprint density at radius 2 is 1.50 bits per heavy atom. The van der Waals surface area contributed by atoms with Crippen LogP contribution < -0.4 is 0 Å². The standard InChI is InChI=1S/C6H6IN.C5H4INO/c1-5-2-3-6(7)8-4-5;6-5-2-1-4(8)3-7-5/h2-4H,1H3;1-3,8H. The van der Waals surface area contributed by atoms with Gasteiger partial charge in [-0.25, -0.2) is 4.98 Å². The number of aromatic hydroxyl groups is 1. The highest BCUT2D eigenvalue weighted by Crippen LogP contribution is 2.06. The Hall–Kier alpha value is -0.440. The summed E-state index contributed by atoms with van der Waals surface area (Å²) in [6, 6.07) is 7.40. The van der Waals surface area contributed by atoms with Crippen LogP contribution in [0.4, 0.5) is 0 Å². The number of aromatic nitrogens is 2. The van der Waals surface area contributed by atoms with Crippen LogP contribution in [0.25, 0.3) is 0 Å². The van der Waals surface area contributed by atoms with E-state index in [-0.39, 0.29) is 5.75 Å². The van der Waals surface area contributed by atoms with Gasteiger partial charge in [0.15, 0.2) is 0 Å². The van der Waals surface area contributed by atoms with Gasteiger partial charge in [-0.05, 0) is 75.9 Å². The van der Waals surface area contributed by atoms with Crippen molar-refractivity contribution in [3.63, 3.8) is 0 Å². The molecule has 0 fully saturated rings. The topological polar surface area (TPSA) is 46.0 Å². The molecule has 2 aromatic heterocycles. The number of hydrogen-bond acceptors (Lipinski definition) is 3. The van der Waals surface area contributed by atoms with Gasteiger partial charge in [-0.1, -0.05) is 6.07 Å². The molecule has 0 aliphatic carbocycles. The van der Waals surface area contributed by atoms with Crippen molar-refractivity contribution in [2.24, 2.45) is 0 Å². The molecule has 1 N–H and O–H groups in total. The van der Waals surface area contributed by atoms with Crippen molar-refractivity contribution in [2.45, 2.75) is 6.92 Å². The van der Waals surface area contributed by atoms with Crippen LogP contribution >= 0.6 is 45.2 Å². The highest BCUT2D eigenvalue weighted by Gasteiger charge is 1.85. The van der Waals surface area contributed by atoms with Crippen LogP contribution in [0.2, 0.25) is 0 Å². The molecule has 0 aliphatic heterocycles. The predicted molar refractivity (Wildman–Crippen MR) is 80.3 cm³/mol. The smallest absolute Gasteiger partial charge is 0.133 e. The summed E-state index contributed by atoms with van der Waals surface area (Å²) in [4.78, 5) is 7.88. The highest BCUT2D eigenvalue weighted by molar-refractivity contribution is 14.1. The molecule has 0 spiro atoms. The maximum Gasteiger partial charge on any atom is 0.133 e. The molecule has 0 unspecified atom stereocenters. The Labute approximate surface area is 122 Å². The molecule has 0 radical (unpaired) electrons. The molecule has 2 rings (SSSR count). The van der Waals surface area contributed by atoms with E-state index in [2.05, 4.69) is 61.2 Å². The number of pyridine rings is 2. The van der Waals surface area contributed by atoms with Crippen molar-refractivity contribution in [2.75, 3.05) is 0 Å². The third-order valence-electron chi connectivity index (χ3n) is 1.59. The fourth-order valence-corrected chi connectivity index (χ4v) is 1.46. The van der Waals surface area contributed by atoms with Gasteiger partial charge >= 0.3 is 0 Å². The van der Waals surface area contributed by atoms with Crippen molar-refractivity contribution in [1.29, 1.82) is 0 Å². The van der Waals surface area contributed by atoms with Crippen LogP contribution in [0.3, 0.4) is 0 Å². The zero-order valence-electron chi connectivity index (χ0n) is 8.56. The zero-order valence-corrected chi connectivity index (χ0v) is 12.9. The minimum Gasteiger partial charge on any atom is -0.506 e. The largest absolute Gasteiger partial charge is 0.506 e. The van der Waals surface area contributed by atoms with Crippen LogP contribution in [0.15, 0.2) is 36.7 Å². The van der Waals surface area contributed by atoms with Crippen molar-refractivity contribution in [3.8, 4) is 5.75 Å². The van der Waals surface area contributed by atoms with E-state index in [9.17, 15) is 0 Å². The van der Waals surface area contributed by atoms with E-state index in [1.807, 2.05) is 19.2 Å². The first-order valence-corrected chi connectivity index (χ1v) is 6.62. The second-order valence-electron chi connectivity index (χ2n) is 3.00. The van der Waals surface area contributed by atoms with Gasteiger partial charge in [0.05, 0.1) is 6.20 Å². The lowest BCUT2D eigenvalue weighted by molar-refractivity contribution is 0.472. The zero-order chi connectivity index (χ0) is 12.0. The first-order valence-electron chi connectivity index (χ1n) is 4.46. The normalized spacial score (nSPS) is 9.19. The summed E-state index contributed by atoms with van der Waals surface area (Å²) in [5.41, 5.74) is 1.21. The van der Waals surface area contributed by atoms with E-state index in [0.717, 1.165) is 7.40 Å². The molecule has 0 atom stereocenters. The average Bonchev–Trinajstić information content (AvgIpc) is 2.28. The lowest BCUT2D eigenvalue weighted by Crippen LogP contribution is -1.77. The second-order valence-corrected chi connectivity index (χ2v) is 5.21. The number of nitrogens with zero attached hydrogens (tertiary/aromatic N) is 2. The van der Waals surface area contributed by atoms with E-state index in [1.165, 1.54) is 11.8 Å². The molecule has 84 valence electrons. The fraction of sp³-hybridized carbons (Fsp3) is 0.0909. The van der Waals surface area contributed by atoms with Gasteiger partial charge in [0.2, 0.25) is 0 Å². The third kappa shape index (κ3) is 5.59. The van der Waals surface area contributed by atoms with Gasteiger partial charge in [-0.2, -0.15) is 0 Å². The van der Waals surface area contributed by atoms with E-state index in [1.54, 1.807) is 12.1 Å². The van der Waals surface area contributed by atoms with Crippen LogP contribution in [-0.2, 0) is 0 Å². The quantitative estimate of drug-likeness (QED) is 0.505. The molecule has 0 amide bonds. The molecule has 3 nitrogen and oxygen atoms in total. The van der Waals surface area contributed by atoms with Gasteiger partial charge in [-0.15, -0.1) is 0 Å². The summed E-state index contributed by atoms with van der Waals surface area (Å²) in [6.45, 7) is 2.03. The van der Waals surface area contributed by atoms with E-state index in [0.29, 0.717) is 0 Å². The molecule has 16 heavy (non-hydrogen) atoms. The van der Waals surface area contributed by atoms with Crippen LogP contribution in [-0.4, -0.2) is 15.1 Å². The Balaban J connectivity index is 0.000000160. The van der Waals surface area contributed by atoms with Crippen molar-refractivity contribution in [3.05, 3.63) is 49.6 Å². The SMILES string of the molecule is Cc1ccc(I)nc1.Oc1ccc(I)nc1. The summed E-state index contributed by atoms with van der Waals surface area (Å²) in [7, 11) is 0. The maximum absolute atomic E-state index is 8.69. The molecule has 5 heteroatoms. The molecule has 0 saturated carbocycles. The second kappa shape index (κ2) is 7.00. The third-order valence-corrected chi connectivity index (χ3v) is 2.86.